The largest absolute Gasteiger partial charge is 0.339 e. The summed E-state index contributed by atoms with van der Waals surface area (Å²) >= 11 is 1.44. The number of carbonyl (C=O) groups excluding carboxylic acids is 2. The Morgan fingerprint density at radius 2 is 1.86 bits per heavy atom. The number of hydrogen-bond donors (Lipinski definition) is 1. The van der Waals surface area contributed by atoms with Gasteiger partial charge in [0.05, 0.1) is 11.6 Å². The van der Waals surface area contributed by atoms with E-state index < -0.39 is 0 Å². The number of nitrogens with zero attached hydrogens (tertiary/aromatic N) is 2. The number of anilines is 1. The number of likely N-dealkylation sites (tertiary alicyclic amines) is 1. The first-order chi connectivity index (χ1) is 13.4. The third-order valence-corrected chi connectivity index (χ3v) is 6.72. The molecule has 0 spiro atoms. The molecule has 1 saturated heterocycles. The van der Waals surface area contributed by atoms with Crippen molar-refractivity contribution in [3.05, 3.63) is 34.2 Å². The van der Waals surface area contributed by atoms with E-state index in [0.29, 0.717) is 24.1 Å². The smallest absolute Gasteiger partial charge is 0.231 e. The number of hydrogen-bond acceptors (Lipinski definition) is 4. The Balaban J connectivity index is 1.44. The van der Waals surface area contributed by atoms with E-state index in [2.05, 4.69) is 43.2 Å². The Morgan fingerprint density at radius 3 is 2.54 bits per heavy atom. The van der Waals surface area contributed by atoms with E-state index in [1.165, 1.54) is 40.9 Å². The fourth-order valence-corrected chi connectivity index (χ4v) is 5.42. The van der Waals surface area contributed by atoms with E-state index >= 15 is 0 Å². The molecule has 1 aromatic carbocycles. The van der Waals surface area contributed by atoms with Crippen LogP contribution in [-0.4, -0.2) is 34.3 Å². The van der Waals surface area contributed by atoms with Crippen molar-refractivity contribution in [1.29, 1.82) is 0 Å². The first-order valence-electron chi connectivity index (χ1n) is 10.1. The third kappa shape index (κ3) is 3.70. The minimum atomic E-state index is -0.275. The van der Waals surface area contributed by atoms with Gasteiger partial charge in [0.25, 0.3) is 0 Å². The highest BCUT2D eigenvalue weighted by molar-refractivity contribution is 7.14. The SMILES string of the molecule is Cc1cc(C)c(-c2csc(NC(=O)[C@@H]3CC(=O)N(C4CCCC4)C3)n2)c(C)c1. The highest BCUT2D eigenvalue weighted by atomic mass is 32.1. The summed E-state index contributed by atoms with van der Waals surface area (Å²) in [5, 5.41) is 5.54. The van der Waals surface area contributed by atoms with Gasteiger partial charge in [0, 0.05) is 30.0 Å². The molecule has 2 aliphatic rings. The van der Waals surface area contributed by atoms with Gasteiger partial charge >= 0.3 is 0 Å². The third-order valence-electron chi connectivity index (χ3n) is 5.96. The van der Waals surface area contributed by atoms with Gasteiger partial charge in [0.15, 0.2) is 5.13 Å². The van der Waals surface area contributed by atoms with Crippen molar-refractivity contribution < 1.29 is 9.59 Å². The maximum Gasteiger partial charge on any atom is 0.231 e. The van der Waals surface area contributed by atoms with Crippen LogP contribution in [0.2, 0.25) is 0 Å². The highest BCUT2D eigenvalue weighted by Gasteiger charge is 2.38. The number of amides is 2. The lowest BCUT2D eigenvalue weighted by Crippen LogP contribution is -2.35. The van der Waals surface area contributed by atoms with Crippen molar-refractivity contribution in [1.82, 2.24) is 9.88 Å². The first kappa shape index (κ1) is 19.1. The van der Waals surface area contributed by atoms with Gasteiger partial charge in [0.2, 0.25) is 11.8 Å². The molecule has 0 unspecified atom stereocenters. The van der Waals surface area contributed by atoms with Gasteiger partial charge in [-0.25, -0.2) is 4.98 Å². The van der Waals surface area contributed by atoms with E-state index in [-0.39, 0.29) is 17.7 Å². The number of rotatable bonds is 4. The number of carbonyl (C=O) groups is 2. The summed E-state index contributed by atoms with van der Waals surface area (Å²) in [5.74, 6) is -0.242. The van der Waals surface area contributed by atoms with E-state index in [1.807, 2.05) is 10.3 Å². The summed E-state index contributed by atoms with van der Waals surface area (Å²) < 4.78 is 0. The van der Waals surface area contributed by atoms with Crippen molar-refractivity contribution in [2.45, 2.75) is 58.9 Å². The maximum atomic E-state index is 12.7. The van der Waals surface area contributed by atoms with Crippen LogP contribution < -0.4 is 5.32 Å². The van der Waals surface area contributed by atoms with Crippen molar-refractivity contribution in [3.8, 4) is 11.3 Å². The Bertz CT molecular complexity index is 891. The second-order valence-electron chi connectivity index (χ2n) is 8.19. The van der Waals surface area contributed by atoms with Gasteiger partial charge in [-0.3, -0.25) is 9.59 Å². The Hall–Kier alpha value is -2.21. The number of thiazole rings is 1. The van der Waals surface area contributed by atoms with E-state index in [1.54, 1.807) is 0 Å². The van der Waals surface area contributed by atoms with Crippen LogP contribution in [-0.2, 0) is 9.59 Å². The second-order valence-corrected chi connectivity index (χ2v) is 9.04. The van der Waals surface area contributed by atoms with Crippen LogP contribution in [0, 0.1) is 26.7 Å². The zero-order valence-corrected chi connectivity index (χ0v) is 17.6. The van der Waals surface area contributed by atoms with Gasteiger partial charge < -0.3 is 10.2 Å². The summed E-state index contributed by atoms with van der Waals surface area (Å²) in [6.45, 7) is 6.82. The van der Waals surface area contributed by atoms with E-state index in [0.717, 1.165) is 24.1 Å². The molecule has 2 aromatic rings. The summed E-state index contributed by atoms with van der Waals surface area (Å²) in [4.78, 5) is 31.7. The first-order valence-corrected chi connectivity index (χ1v) is 10.9. The van der Waals surface area contributed by atoms with Crippen LogP contribution in [0.1, 0.15) is 48.8 Å². The molecule has 28 heavy (non-hydrogen) atoms. The molecule has 1 aliphatic heterocycles. The highest BCUT2D eigenvalue weighted by Crippen LogP contribution is 2.33. The van der Waals surface area contributed by atoms with Gasteiger partial charge in [-0.05, 0) is 44.7 Å². The lowest BCUT2D eigenvalue weighted by atomic mass is 9.98. The second kappa shape index (κ2) is 7.66. The fourth-order valence-electron chi connectivity index (χ4n) is 4.71. The Morgan fingerprint density at radius 1 is 1.18 bits per heavy atom. The van der Waals surface area contributed by atoms with Crippen LogP contribution >= 0.6 is 11.3 Å². The minimum Gasteiger partial charge on any atom is -0.339 e. The molecule has 2 amide bonds. The molecule has 0 bridgehead atoms. The molecule has 6 heteroatoms. The molecule has 1 saturated carbocycles. The zero-order valence-electron chi connectivity index (χ0n) is 16.7. The predicted molar refractivity (Wildman–Crippen MR) is 112 cm³/mol. The number of nitrogens with one attached hydrogen (secondary N) is 1. The Labute approximate surface area is 170 Å². The fraction of sp³-hybridized carbons (Fsp3) is 0.500. The summed E-state index contributed by atoms with van der Waals surface area (Å²) in [7, 11) is 0. The molecule has 0 radical (unpaired) electrons. The topological polar surface area (TPSA) is 62.3 Å². The predicted octanol–water partition coefficient (Wildman–Crippen LogP) is 4.46. The quantitative estimate of drug-likeness (QED) is 0.828. The van der Waals surface area contributed by atoms with Crippen LogP contribution in [0.3, 0.4) is 0 Å². The maximum absolute atomic E-state index is 12.7. The molecule has 1 atom stereocenters. The molecule has 1 N–H and O–H groups in total. The molecule has 2 fully saturated rings. The summed E-state index contributed by atoms with van der Waals surface area (Å²) in [5.41, 5.74) is 5.64. The monoisotopic (exact) mass is 397 g/mol. The van der Waals surface area contributed by atoms with Gasteiger partial charge in [-0.15, -0.1) is 11.3 Å². The zero-order chi connectivity index (χ0) is 19.8. The standard InChI is InChI=1S/C22H27N3O2S/c1-13-8-14(2)20(15(3)9-13)18-12-28-22(23-18)24-21(27)16-10-19(26)25(11-16)17-6-4-5-7-17/h8-9,12,16-17H,4-7,10-11H2,1-3H3,(H,23,24,27)/t16-/m1/s1. The van der Waals surface area contributed by atoms with Crippen molar-refractivity contribution in [2.24, 2.45) is 5.92 Å². The van der Waals surface area contributed by atoms with Crippen LogP contribution in [0.5, 0.6) is 0 Å². The van der Waals surface area contributed by atoms with Crippen LogP contribution in [0.4, 0.5) is 5.13 Å². The lowest BCUT2D eigenvalue weighted by Gasteiger charge is -2.23. The normalized spacial score (nSPS) is 20.2. The molecule has 4 rings (SSSR count). The summed E-state index contributed by atoms with van der Waals surface area (Å²) in [6.07, 6.45) is 4.84. The molecular weight excluding hydrogens is 370 g/mol. The van der Waals surface area contributed by atoms with Crippen molar-refractivity contribution >= 4 is 28.3 Å². The molecule has 148 valence electrons. The average Bonchev–Trinajstić information content (AvgIpc) is 3.34. The van der Waals surface area contributed by atoms with Crippen LogP contribution in [0.15, 0.2) is 17.5 Å². The minimum absolute atomic E-state index is 0.0907. The van der Waals surface area contributed by atoms with E-state index in [9.17, 15) is 9.59 Å². The number of aromatic nitrogens is 1. The lowest BCUT2D eigenvalue weighted by molar-refractivity contribution is -0.129. The van der Waals surface area contributed by atoms with Crippen molar-refractivity contribution in [2.75, 3.05) is 11.9 Å². The van der Waals surface area contributed by atoms with Crippen molar-refractivity contribution in [3.63, 3.8) is 0 Å². The Kier molecular flexibility index (Phi) is 5.23. The molecule has 2 heterocycles. The number of aryl methyl sites for hydroxylation is 3. The number of benzene rings is 1. The van der Waals surface area contributed by atoms with E-state index in [4.69, 9.17) is 0 Å². The molecule has 1 aromatic heterocycles. The van der Waals surface area contributed by atoms with Gasteiger partial charge in [-0.1, -0.05) is 30.5 Å². The van der Waals surface area contributed by atoms with Crippen LogP contribution in [0.25, 0.3) is 11.3 Å². The average molecular weight is 398 g/mol. The molecule has 5 nitrogen and oxygen atoms in total. The molecular formula is C22H27N3O2S. The summed E-state index contributed by atoms with van der Waals surface area (Å²) in [6, 6.07) is 4.65. The van der Waals surface area contributed by atoms with Gasteiger partial charge in [0.1, 0.15) is 0 Å². The van der Waals surface area contributed by atoms with Gasteiger partial charge in [-0.2, -0.15) is 0 Å². The molecule has 1 aliphatic carbocycles.